The second-order valence-electron chi connectivity index (χ2n) is 8.21. The van der Waals surface area contributed by atoms with Crippen LogP contribution in [0, 0.1) is 6.92 Å². The number of nitrogens with one attached hydrogen (secondary N) is 1. The summed E-state index contributed by atoms with van der Waals surface area (Å²) in [6.07, 6.45) is 0.987. The van der Waals surface area contributed by atoms with Gasteiger partial charge in [0.25, 0.3) is 5.91 Å². The maximum atomic E-state index is 12.6. The molecule has 134 valence electrons. The molecule has 4 heteroatoms. The van der Waals surface area contributed by atoms with Gasteiger partial charge in [-0.15, -0.1) is 0 Å². The Morgan fingerprint density at radius 3 is 2.68 bits per heavy atom. The van der Waals surface area contributed by atoms with Crippen LogP contribution in [-0.2, 0) is 26.6 Å². The summed E-state index contributed by atoms with van der Waals surface area (Å²) in [5.74, 6) is 0.00892. The van der Waals surface area contributed by atoms with E-state index in [1.165, 1.54) is 22.4 Å². The van der Waals surface area contributed by atoms with E-state index in [1.807, 2.05) is 27.8 Å². The Morgan fingerprint density at radius 1 is 1.24 bits per heavy atom. The predicted octanol–water partition coefficient (Wildman–Crippen LogP) is 3.42. The molecule has 0 atom stereocenters. The summed E-state index contributed by atoms with van der Waals surface area (Å²) in [6, 6.07) is 10.8. The minimum atomic E-state index is -0.223. The van der Waals surface area contributed by atoms with Gasteiger partial charge >= 0.3 is 0 Å². The number of fused-ring (bicyclic) bond motifs is 1. The van der Waals surface area contributed by atoms with Crippen molar-refractivity contribution < 1.29 is 4.79 Å². The zero-order valence-electron chi connectivity index (χ0n) is 16.0. The molecule has 0 saturated carbocycles. The molecule has 2 heterocycles. The molecule has 0 aliphatic carbocycles. The predicted molar refractivity (Wildman–Crippen MR) is 102 cm³/mol. The SMILES string of the molecule is Cc1cccc(CN2CCc3c(cc(C(=O)NC(C)(C)C)n3C)C2)c1. The third-order valence-electron chi connectivity index (χ3n) is 4.72. The first-order chi connectivity index (χ1) is 11.7. The van der Waals surface area contributed by atoms with E-state index in [-0.39, 0.29) is 11.4 Å². The van der Waals surface area contributed by atoms with Gasteiger partial charge in [-0.05, 0) is 44.9 Å². The lowest BCUT2D eigenvalue weighted by Gasteiger charge is -2.27. The van der Waals surface area contributed by atoms with Gasteiger partial charge in [-0.3, -0.25) is 9.69 Å². The highest BCUT2D eigenvalue weighted by atomic mass is 16.2. The first-order valence-electron chi connectivity index (χ1n) is 9.01. The smallest absolute Gasteiger partial charge is 0.268 e. The third kappa shape index (κ3) is 4.13. The maximum Gasteiger partial charge on any atom is 0.268 e. The highest BCUT2D eigenvalue weighted by Crippen LogP contribution is 2.24. The van der Waals surface area contributed by atoms with Crippen LogP contribution in [0.1, 0.15) is 53.6 Å². The van der Waals surface area contributed by atoms with Gasteiger partial charge in [0.2, 0.25) is 0 Å². The molecular weight excluding hydrogens is 310 g/mol. The molecule has 0 spiro atoms. The largest absolute Gasteiger partial charge is 0.346 e. The van der Waals surface area contributed by atoms with Crippen molar-refractivity contribution in [3.63, 3.8) is 0 Å². The Labute approximate surface area is 150 Å². The number of carbonyl (C=O) groups is 1. The zero-order chi connectivity index (χ0) is 18.2. The summed E-state index contributed by atoms with van der Waals surface area (Å²) in [7, 11) is 2.01. The van der Waals surface area contributed by atoms with Crippen molar-refractivity contribution in [1.82, 2.24) is 14.8 Å². The lowest BCUT2D eigenvalue weighted by atomic mass is 10.1. The molecule has 1 aromatic carbocycles. The maximum absolute atomic E-state index is 12.6. The van der Waals surface area contributed by atoms with Gasteiger partial charge in [0.05, 0.1) is 0 Å². The van der Waals surface area contributed by atoms with Crippen molar-refractivity contribution in [2.45, 2.75) is 52.7 Å². The Bertz CT molecular complexity index is 783. The molecule has 25 heavy (non-hydrogen) atoms. The quantitative estimate of drug-likeness (QED) is 0.930. The number of hydrogen-bond acceptors (Lipinski definition) is 2. The van der Waals surface area contributed by atoms with Gasteiger partial charge in [-0.2, -0.15) is 0 Å². The molecule has 1 aliphatic rings. The van der Waals surface area contributed by atoms with Crippen molar-refractivity contribution in [2.75, 3.05) is 6.54 Å². The average molecular weight is 339 g/mol. The van der Waals surface area contributed by atoms with Gasteiger partial charge in [0, 0.05) is 44.3 Å². The summed E-state index contributed by atoms with van der Waals surface area (Å²) < 4.78 is 2.07. The van der Waals surface area contributed by atoms with Crippen LogP contribution in [-0.4, -0.2) is 27.5 Å². The normalized spacial score (nSPS) is 15.1. The zero-order valence-corrected chi connectivity index (χ0v) is 16.0. The fourth-order valence-corrected chi connectivity index (χ4v) is 3.58. The third-order valence-corrected chi connectivity index (χ3v) is 4.72. The van der Waals surface area contributed by atoms with Crippen LogP contribution < -0.4 is 5.32 Å². The van der Waals surface area contributed by atoms with E-state index in [0.717, 1.165) is 31.7 Å². The summed E-state index contributed by atoms with van der Waals surface area (Å²) in [5, 5.41) is 3.07. The van der Waals surface area contributed by atoms with Gasteiger partial charge in [-0.1, -0.05) is 29.8 Å². The Morgan fingerprint density at radius 2 is 2.00 bits per heavy atom. The molecule has 0 saturated heterocycles. The highest BCUT2D eigenvalue weighted by Gasteiger charge is 2.25. The number of benzene rings is 1. The summed E-state index contributed by atoms with van der Waals surface area (Å²) in [6.45, 7) is 11.1. The van der Waals surface area contributed by atoms with Gasteiger partial charge in [-0.25, -0.2) is 0 Å². The second kappa shape index (κ2) is 6.68. The van der Waals surface area contributed by atoms with Gasteiger partial charge < -0.3 is 9.88 Å². The van der Waals surface area contributed by atoms with E-state index in [9.17, 15) is 4.79 Å². The Balaban J connectivity index is 1.75. The van der Waals surface area contributed by atoms with Crippen molar-refractivity contribution in [2.24, 2.45) is 7.05 Å². The minimum absolute atomic E-state index is 0.00892. The molecule has 2 aromatic rings. The number of aryl methyl sites for hydroxylation is 1. The van der Waals surface area contributed by atoms with E-state index in [4.69, 9.17) is 0 Å². The van der Waals surface area contributed by atoms with E-state index < -0.39 is 0 Å². The molecule has 1 N–H and O–H groups in total. The van der Waals surface area contributed by atoms with Crippen LogP contribution in [0.5, 0.6) is 0 Å². The molecule has 1 aromatic heterocycles. The van der Waals surface area contributed by atoms with Crippen molar-refractivity contribution in [1.29, 1.82) is 0 Å². The van der Waals surface area contributed by atoms with Crippen LogP contribution >= 0.6 is 0 Å². The molecule has 0 bridgehead atoms. The molecule has 4 nitrogen and oxygen atoms in total. The number of amides is 1. The lowest BCUT2D eigenvalue weighted by Crippen LogP contribution is -2.41. The van der Waals surface area contributed by atoms with Crippen molar-refractivity contribution in [3.8, 4) is 0 Å². The summed E-state index contributed by atoms with van der Waals surface area (Å²) in [4.78, 5) is 15.0. The lowest BCUT2D eigenvalue weighted by molar-refractivity contribution is 0.0911. The number of hydrogen-bond donors (Lipinski definition) is 1. The van der Waals surface area contributed by atoms with Crippen LogP contribution in [0.2, 0.25) is 0 Å². The topological polar surface area (TPSA) is 37.3 Å². The molecule has 0 fully saturated rings. The van der Waals surface area contributed by atoms with Crippen molar-refractivity contribution in [3.05, 3.63) is 58.4 Å². The number of nitrogens with zero attached hydrogens (tertiary/aromatic N) is 2. The van der Waals surface area contributed by atoms with Crippen LogP contribution in [0.3, 0.4) is 0 Å². The summed E-state index contributed by atoms with van der Waals surface area (Å²) in [5.41, 5.74) is 5.76. The molecule has 0 unspecified atom stereocenters. The van der Waals surface area contributed by atoms with Crippen LogP contribution in [0.15, 0.2) is 30.3 Å². The minimum Gasteiger partial charge on any atom is -0.346 e. The Hall–Kier alpha value is -2.07. The van der Waals surface area contributed by atoms with Crippen molar-refractivity contribution >= 4 is 5.91 Å². The van der Waals surface area contributed by atoms with Gasteiger partial charge in [0.15, 0.2) is 0 Å². The molecule has 0 radical (unpaired) electrons. The number of rotatable bonds is 3. The molecule has 1 amide bonds. The highest BCUT2D eigenvalue weighted by molar-refractivity contribution is 5.93. The van der Waals surface area contributed by atoms with E-state index >= 15 is 0 Å². The van der Waals surface area contributed by atoms with Gasteiger partial charge in [0.1, 0.15) is 5.69 Å². The number of aromatic nitrogens is 1. The monoisotopic (exact) mass is 339 g/mol. The van der Waals surface area contributed by atoms with Crippen LogP contribution in [0.4, 0.5) is 0 Å². The Kier molecular flexibility index (Phi) is 4.74. The van der Waals surface area contributed by atoms with E-state index in [1.54, 1.807) is 0 Å². The fraction of sp³-hybridized carbons (Fsp3) is 0.476. The first kappa shape index (κ1) is 17.7. The fourth-order valence-electron chi connectivity index (χ4n) is 3.58. The number of carbonyl (C=O) groups excluding carboxylic acids is 1. The molecule has 3 rings (SSSR count). The molecule has 1 aliphatic heterocycles. The second-order valence-corrected chi connectivity index (χ2v) is 8.21. The summed E-state index contributed by atoms with van der Waals surface area (Å²) >= 11 is 0. The van der Waals surface area contributed by atoms with E-state index in [2.05, 4.69) is 52.0 Å². The first-order valence-corrected chi connectivity index (χ1v) is 9.01. The van der Waals surface area contributed by atoms with Crippen LogP contribution in [0.25, 0.3) is 0 Å². The standard InChI is InChI=1S/C21H29N3O/c1-15-7-6-8-16(11-15)13-24-10-9-18-17(14-24)12-19(23(18)5)20(25)22-21(2,3)4/h6-8,11-12H,9-10,13-14H2,1-5H3,(H,22,25). The molecular formula is C21H29N3O. The average Bonchev–Trinajstić information content (AvgIpc) is 2.82. The van der Waals surface area contributed by atoms with E-state index in [0.29, 0.717) is 0 Å².